The minimum Gasteiger partial charge on any atom is -0.454 e. The van der Waals surface area contributed by atoms with Crippen LogP contribution in [0.5, 0.6) is 0 Å². The van der Waals surface area contributed by atoms with E-state index in [1.54, 1.807) is 12.3 Å². The van der Waals surface area contributed by atoms with Gasteiger partial charge in [-0.2, -0.15) is 4.98 Å². The van der Waals surface area contributed by atoms with E-state index in [2.05, 4.69) is 4.98 Å². The highest BCUT2D eigenvalue weighted by Gasteiger charge is 2.12. The maximum atomic E-state index is 12.0. The van der Waals surface area contributed by atoms with E-state index in [1.165, 1.54) is 4.57 Å². The average molecular weight is 277 g/mol. The van der Waals surface area contributed by atoms with Gasteiger partial charge in [0.15, 0.2) is 5.58 Å². The number of furan rings is 1. The van der Waals surface area contributed by atoms with Crippen LogP contribution in [0.1, 0.15) is 0 Å². The number of nitrogens with zero attached hydrogens (tertiary/aromatic N) is 2. The Balaban J connectivity index is 2.12. The van der Waals surface area contributed by atoms with Gasteiger partial charge in [-0.25, -0.2) is 4.79 Å². The van der Waals surface area contributed by atoms with Crippen molar-refractivity contribution >= 4 is 27.8 Å². The van der Waals surface area contributed by atoms with Gasteiger partial charge in [-0.3, -0.25) is 4.57 Å². The molecule has 2 N–H and O–H groups in total. The molecule has 0 amide bonds. The summed E-state index contributed by atoms with van der Waals surface area (Å²) >= 11 is 0. The molecule has 0 fully saturated rings. The quantitative estimate of drug-likeness (QED) is 0.580. The monoisotopic (exact) mass is 277 g/mol. The van der Waals surface area contributed by atoms with Crippen molar-refractivity contribution in [3.63, 3.8) is 0 Å². The van der Waals surface area contributed by atoms with Crippen LogP contribution >= 0.6 is 0 Å². The van der Waals surface area contributed by atoms with Crippen LogP contribution in [0.3, 0.4) is 0 Å². The van der Waals surface area contributed by atoms with Crippen molar-refractivity contribution in [3.8, 4) is 5.69 Å². The summed E-state index contributed by atoms with van der Waals surface area (Å²) in [4.78, 5) is 15.8. The molecule has 0 aliphatic carbocycles. The lowest BCUT2D eigenvalue weighted by atomic mass is 10.1. The third kappa shape index (κ3) is 1.71. The summed E-state index contributed by atoms with van der Waals surface area (Å²) in [6, 6.07) is 15.1. The summed E-state index contributed by atoms with van der Waals surface area (Å²) in [5, 5.41) is 1.98. The second kappa shape index (κ2) is 4.21. The van der Waals surface area contributed by atoms with Crippen LogP contribution in [0.2, 0.25) is 0 Å². The topological polar surface area (TPSA) is 74.1 Å². The fraction of sp³-hybridized carbons (Fsp3) is 0. The highest BCUT2D eigenvalue weighted by molar-refractivity contribution is 6.07. The van der Waals surface area contributed by atoms with Crippen molar-refractivity contribution in [2.24, 2.45) is 0 Å². The predicted molar refractivity (Wildman–Crippen MR) is 81.5 cm³/mol. The van der Waals surface area contributed by atoms with Crippen LogP contribution in [0.25, 0.3) is 27.6 Å². The van der Waals surface area contributed by atoms with Gasteiger partial charge < -0.3 is 10.2 Å². The highest BCUT2D eigenvalue weighted by atomic mass is 16.3. The maximum absolute atomic E-state index is 12.0. The third-order valence-electron chi connectivity index (χ3n) is 3.47. The van der Waals surface area contributed by atoms with E-state index < -0.39 is 5.69 Å². The van der Waals surface area contributed by atoms with Gasteiger partial charge in [-0.1, -0.05) is 30.3 Å². The minimum absolute atomic E-state index is 0.202. The van der Waals surface area contributed by atoms with Gasteiger partial charge in [-0.15, -0.1) is 0 Å². The number of hydrogen-bond acceptors (Lipinski definition) is 4. The molecule has 5 nitrogen and oxygen atoms in total. The van der Waals surface area contributed by atoms with Crippen LogP contribution in [0.15, 0.2) is 63.9 Å². The van der Waals surface area contributed by atoms with Crippen molar-refractivity contribution in [3.05, 3.63) is 65.2 Å². The number of para-hydroxylation sites is 2. The fourth-order valence-electron chi connectivity index (χ4n) is 2.52. The number of rotatable bonds is 1. The second-order valence-electron chi connectivity index (χ2n) is 4.76. The SMILES string of the molecule is Nc1ccn(-c2cccc3c2oc2ccccc23)c(=O)n1. The Kier molecular flexibility index (Phi) is 2.35. The fourth-order valence-corrected chi connectivity index (χ4v) is 2.52. The molecule has 0 atom stereocenters. The molecule has 4 aromatic rings. The first-order valence-corrected chi connectivity index (χ1v) is 6.50. The van der Waals surface area contributed by atoms with Crippen molar-refractivity contribution < 1.29 is 4.42 Å². The molecular formula is C16H11N3O2. The first kappa shape index (κ1) is 11.7. The van der Waals surface area contributed by atoms with E-state index in [0.717, 1.165) is 16.4 Å². The van der Waals surface area contributed by atoms with E-state index in [-0.39, 0.29) is 5.82 Å². The van der Waals surface area contributed by atoms with Crippen molar-refractivity contribution in [2.45, 2.75) is 0 Å². The Morgan fingerprint density at radius 2 is 1.81 bits per heavy atom. The van der Waals surface area contributed by atoms with Gasteiger partial charge in [-0.05, 0) is 18.2 Å². The molecule has 4 rings (SSSR count). The van der Waals surface area contributed by atoms with Gasteiger partial charge in [0, 0.05) is 17.0 Å². The van der Waals surface area contributed by atoms with Crippen LogP contribution in [-0.4, -0.2) is 9.55 Å². The Morgan fingerprint density at radius 1 is 1.00 bits per heavy atom. The predicted octanol–water partition coefficient (Wildman–Crippen LogP) is 2.71. The zero-order valence-electron chi connectivity index (χ0n) is 11.0. The molecule has 0 saturated carbocycles. The summed E-state index contributed by atoms with van der Waals surface area (Å²) in [5.41, 5.74) is 7.21. The van der Waals surface area contributed by atoms with Crippen molar-refractivity contribution in [1.29, 1.82) is 0 Å². The van der Waals surface area contributed by atoms with Gasteiger partial charge >= 0.3 is 5.69 Å². The zero-order valence-corrected chi connectivity index (χ0v) is 11.0. The number of anilines is 1. The molecule has 2 aromatic carbocycles. The molecule has 0 saturated heterocycles. The van der Waals surface area contributed by atoms with Crippen LogP contribution in [-0.2, 0) is 0 Å². The summed E-state index contributed by atoms with van der Waals surface area (Å²) in [6.45, 7) is 0. The molecule has 21 heavy (non-hydrogen) atoms. The molecule has 2 aromatic heterocycles. The lowest BCUT2D eigenvalue weighted by molar-refractivity contribution is 0.663. The molecule has 2 heterocycles. The summed E-state index contributed by atoms with van der Waals surface area (Å²) in [7, 11) is 0. The summed E-state index contributed by atoms with van der Waals surface area (Å²) in [5.74, 6) is 0.202. The molecule has 0 aliphatic heterocycles. The number of nitrogens with two attached hydrogens (primary N) is 1. The maximum Gasteiger partial charge on any atom is 0.354 e. The largest absolute Gasteiger partial charge is 0.454 e. The zero-order chi connectivity index (χ0) is 14.4. The lowest BCUT2D eigenvalue weighted by Gasteiger charge is -2.05. The molecule has 0 aliphatic rings. The van der Waals surface area contributed by atoms with E-state index in [9.17, 15) is 4.79 Å². The van der Waals surface area contributed by atoms with E-state index in [1.807, 2.05) is 42.5 Å². The first-order valence-electron chi connectivity index (χ1n) is 6.50. The van der Waals surface area contributed by atoms with Crippen molar-refractivity contribution in [2.75, 3.05) is 5.73 Å². The van der Waals surface area contributed by atoms with Gasteiger partial charge in [0.1, 0.15) is 11.4 Å². The smallest absolute Gasteiger partial charge is 0.354 e. The second-order valence-corrected chi connectivity index (χ2v) is 4.76. The Labute approximate surface area is 119 Å². The highest BCUT2D eigenvalue weighted by Crippen LogP contribution is 2.31. The Hall–Kier alpha value is -3.08. The number of hydrogen-bond donors (Lipinski definition) is 1. The van der Waals surface area contributed by atoms with E-state index >= 15 is 0 Å². The molecular weight excluding hydrogens is 266 g/mol. The van der Waals surface area contributed by atoms with Gasteiger partial charge in [0.25, 0.3) is 0 Å². The first-order chi connectivity index (χ1) is 10.2. The standard InChI is InChI=1S/C16H11N3O2/c17-14-8-9-19(16(20)18-14)12-6-3-5-11-10-4-1-2-7-13(10)21-15(11)12/h1-9H,(H2,17,18,20). The Morgan fingerprint density at radius 3 is 2.67 bits per heavy atom. The van der Waals surface area contributed by atoms with Crippen LogP contribution in [0, 0.1) is 0 Å². The lowest BCUT2D eigenvalue weighted by Crippen LogP contribution is -2.21. The molecule has 5 heteroatoms. The summed E-state index contributed by atoms with van der Waals surface area (Å²) < 4.78 is 7.34. The minimum atomic E-state index is -0.428. The van der Waals surface area contributed by atoms with Crippen molar-refractivity contribution in [1.82, 2.24) is 9.55 Å². The van der Waals surface area contributed by atoms with Crippen LogP contribution < -0.4 is 11.4 Å². The molecule has 0 unspecified atom stereocenters. The van der Waals surface area contributed by atoms with Gasteiger partial charge in [0.2, 0.25) is 0 Å². The number of fused-ring (bicyclic) bond motifs is 3. The van der Waals surface area contributed by atoms with Crippen LogP contribution in [0.4, 0.5) is 5.82 Å². The number of nitrogen functional groups attached to an aromatic ring is 1. The molecule has 0 spiro atoms. The summed E-state index contributed by atoms with van der Waals surface area (Å²) in [6.07, 6.45) is 1.60. The number of benzene rings is 2. The van der Waals surface area contributed by atoms with E-state index in [4.69, 9.17) is 10.2 Å². The Bertz CT molecular complexity index is 1030. The molecule has 102 valence electrons. The number of aromatic nitrogens is 2. The molecule has 0 bridgehead atoms. The molecule has 0 radical (unpaired) electrons. The van der Waals surface area contributed by atoms with E-state index in [0.29, 0.717) is 11.3 Å². The average Bonchev–Trinajstić information content (AvgIpc) is 2.86. The normalized spacial score (nSPS) is 11.2. The van der Waals surface area contributed by atoms with Gasteiger partial charge in [0.05, 0.1) is 5.69 Å². The third-order valence-corrected chi connectivity index (χ3v) is 3.47.